The third-order valence-corrected chi connectivity index (χ3v) is 7.10. The molecule has 1 aliphatic heterocycles. The second-order valence-electron chi connectivity index (χ2n) is 8.77. The summed E-state index contributed by atoms with van der Waals surface area (Å²) < 4.78 is 7.23. The monoisotopic (exact) mass is 524 g/mol. The number of amides is 2. The Morgan fingerprint density at radius 1 is 0.842 bits per heavy atom. The first-order chi connectivity index (χ1) is 18.6. The summed E-state index contributed by atoms with van der Waals surface area (Å²) in [6, 6.07) is 20.8. The molecule has 2 amide bonds. The van der Waals surface area contributed by atoms with Gasteiger partial charge in [0.15, 0.2) is 5.01 Å². The van der Waals surface area contributed by atoms with E-state index in [2.05, 4.69) is 25.6 Å². The minimum Gasteiger partial charge on any atom is -0.378 e. The Kier molecular flexibility index (Phi) is 6.55. The molecular formula is C28H24N6O3S. The lowest BCUT2D eigenvalue weighted by atomic mass is 10.1. The first-order valence-electron chi connectivity index (χ1n) is 12.2. The van der Waals surface area contributed by atoms with Gasteiger partial charge in [0.25, 0.3) is 11.8 Å². The van der Waals surface area contributed by atoms with E-state index >= 15 is 0 Å². The van der Waals surface area contributed by atoms with Gasteiger partial charge >= 0.3 is 0 Å². The summed E-state index contributed by atoms with van der Waals surface area (Å²) >= 11 is 1.29. The number of carbonyl (C=O) groups is 2. The number of hydrogen-bond donors (Lipinski definition) is 2. The van der Waals surface area contributed by atoms with Crippen molar-refractivity contribution >= 4 is 51.1 Å². The SMILES string of the molecule is O=C(Nc1ccc2c(cnn2-c2ccc(NC(=O)c3nccs3)cc2)c1)c1ccc(N2CCOCC2)cc1. The summed E-state index contributed by atoms with van der Waals surface area (Å²) in [6.07, 6.45) is 3.37. The summed E-state index contributed by atoms with van der Waals surface area (Å²) in [5, 5.41) is 13.4. The molecule has 0 bridgehead atoms. The van der Waals surface area contributed by atoms with Crippen LogP contribution in [0.15, 0.2) is 84.5 Å². The zero-order valence-corrected chi connectivity index (χ0v) is 21.1. The molecule has 1 saturated heterocycles. The van der Waals surface area contributed by atoms with E-state index in [9.17, 15) is 9.59 Å². The molecule has 1 aliphatic rings. The minimum absolute atomic E-state index is 0.166. The van der Waals surface area contributed by atoms with E-state index in [0.717, 1.165) is 48.6 Å². The molecule has 0 aliphatic carbocycles. The largest absolute Gasteiger partial charge is 0.378 e. The van der Waals surface area contributed by atoms with Gasteiger partial charge in [-0.25, -0.2) is 9.67 Å². The van der Waals surface area contributed by atoms with Crippen LogP contribution in [0.4, 0.5) is 17.1 Å². The predicted octanol–water partition coefficient (Wildman–Crippen LogP) is 4.82. The van der Waals surface area contributed by atoms with Crippen molar-refractivity contribution in [3.05, 3.63) is 95.1 Å². The van der Waals surface area contributed by atoms with Gasteiger partial charge in [0.05, 0.1) is 30.6 Å². The standard InChI is InChI=1S/C28H24N6O3S/c35-26(19-1-6-23(7-2-19)33-12-14-37-15-13-33)32-22-5-10-25-20(17-22)18-30-34(25)24-8-3-21(4-9-24)31-27(36)28-29-11-16-38-28/h1-11,16-18H,12-15H2,(H,31,36)(H,32,35). The van der Waals surface area contributed by atoms with Gasteiger partial charge in [-0.15, -0.1) is 11.3 Å². The number of aromatic nitrogens is 3. The van der Waals surface area contributed by atoms with E-state index in [1.165, 1.54) is 11.3 Å². The van der Waals surface area contributed by atoms with Gasteiger partial charge < -0.3 is 20.3 Å². The molecule has 5 aromatic rings. The smallest absolute Gasteiger partial charge is 0.284 e. The normalized spacial score (nSPS) is 13.4. The summed E-state index contributed by atoms with van der Waals surface area (Å²) in [6.45, 7) is 3.15. The van der Waals surface area contributed by atoms with Crippen LogP contribution in [0, 0.1) is 0 Å². The number of benzene rings is 3. The molecule has 0 spiro atoms. The van der Waals surface area contributed by atoms with E-state index < -0.39 is 0 Å². The Morgan fingerprint density at radius 2 is 1.55 bits per heavy atom. The number of fused-ring (bicyclic) bond motifs is 1. The quantitative estimate of drug-likeness (QED) is 0.330. The van der Waals surface area contributed by atoms with Gasteiger partial charge in [-0.3, -0.25) is 9.59 Å². The third-order valence-electron chi connectivity index (χ3n) is 6.33. The summed E-state index contributed by atoms with van der Waals surface area (Å²) in [5.41, 5.74) is 4.81. The Morgan fingerprint density at radius 3 is 2.29 bits per heavy atom. The lowest BCUT2D eigenvalue weighted by Crippen LogP contribution is -2.36. The fraction of sp³-hybridized carbons (Fsp3) is 0.143. The lowest BCUT2D eigenvalue weighted by Gasteiger charge is -2.28. The first kappa shape index (κ1) is 23.8. The molecule has 0 atom stereocenters. The summed E-state index contributed by atoms with van der Waals surface area (Å²) in [5.74, 6) is -0.402. The number of anilines is 3. The molecule has 3 aromatic carbocycles. The van der Waals surface area contributed by atoms with E-state index in [0.29, 0.717) is 21.9 Å². The zero-order valence-electron chi connectivity index (χ0n) is 20.3. The summed E-state index contributed by atoms with van der Waals surface area (Å²) in [7, 11) is 0. The Hall–Kier alpha value is -4.54. The molecule has 6 rings (SSSR count). The molecule has 9 nitrogen and oxygen atoms in total. The maximum atomic E-state index is 12.8. The molecule has 10 heteroatoms. The van der Waals surface area contributed by atoms with Crippen molar-refractivity contribution in [1.82, 2.24) is 14.8 Å². The van der Waals surface area contributed by atoms with Crippen molar-refractivity contribution in [2.75, 3.05) is 41.8 Å². The van der Waals surface area contributed by atoms with E-state index in [1.807, 2.05) is 71.4 Å². The van der Waals surface area contributed by atoms with Gasteiger partial charge in [0.2, 0.25) is 0 Å². The minimum atomic E-state index is -0.236. The molecule has 1 fully saturated rings. The number of nitrogens with one attached hydrogen (secondary N) is 2. The van der Waals surface area contributed by atoms with Crippen LogP contribution in [0.3, 0.4) is 0 Å². The Labute approximate surface area is 222 Å². The van der Waals surface area contributed by atoms with Gasteiger partial charge in [0, 0.05) is 52.7 Å². The molecule has 0 unspecified atom stereocenters. The first-order valence-corrected chi connectivity index (χ1v) is 13.1. The molecule has 0 saturated carbocycles. The second kappa shape index (κ2) is 10.4. The van der Waals surface area contributed by atoms with Crippen LogP contribution in [-0.2, 0) is 4.74 Å². The highest BCUT2D eigenvalue weighted by Gasteiger charge is 2.14. The lowest BCUT2D eigenvalue weighted by molar-refractivity contribution is 0.101. The van der Waals surface area contributed by atoms with Crippen LogP contribution in [0.5, 0.6) is 0 Å². The molecule has 2 aromatic heterocycles. The highest BCUT2D eigenvalue weighted by molar-refractivity contribution is 7.11. The maximum Gasteiger partial charge on any atom is 0.284 e. The van der Waals surface area contributed by atoms with Crippen molar-refractivity contribution in [3.8, 4) is 5.69 Å². The van der Waals surface area contributed by atoms with Gasteiger partial charge in [-0.1, -0.05) is 0 Å². The third kappa shape index (κ3) is 4.99. The van der Waals surface area contributed by atoms with E-state index in [-0.39, 0.29) is 11.8 Å². The topological polar surface area (TPSA) is 101 Å². The van der Waals surface area contributed by atoms with Crippen LogP contribution >= 0.6 is 11.3 Å². The van der Waals surface area contributed by atoms with Crippen molar-refractivity contribution in [2.45, 2.75) is 0 Å². The Balaban J connectivity index is 1.13. The number of rotatable bonds is 6. The van der Waals surface area contributed by atoms with Gasteiger partial charge in [0.1, 0.15) is 0 Å². The van der Waals surface area contributed by atoms with Crippen LogP contribution in [-0.4, -0.2) is 52.9 Å². The van der Waals surface area contributed by atoms with Crippen molar-refractivity contribution < 1.29 is 14.3 Å². The van der Waals surface area contributed by atoms with Crippen molar-refractivity contribution in [2.24, 2.45) is 0 Å². The van der Waals surface area contributed by atoms with Crippen LogP contribution in [0.2, 0.25) is 0 Å². The molecular weight excluding hydrogens is 500 g/mol. The van der Waals surface area contributed by atoms with Crippen molar-refractivity contribution in [1.29, 1.82) is 0 Å². The van der Waals surface area contributed by atoms with Crippen molar-refractivity contribution in [3.63, 3.8) is 0 Å². The van der Waals surface area contributed by atoms with Crippen LogP contribution < -0.4 is 15.5 Å². The van der Waals surface area contributed by atoms with Crippen LogP contribution in [0.1, 0.15) is 20.2 Å². The molecule has 0 radical (unpaired) electrons. The molecule has 190 valence electrons. The maximum absolute atomic E-state index is 12.8. The number of ether oxygens (including phenoxy) is 1. The highest BCUT2D eigenvalue weighted by atomic mass is 32.1. The number of morpholine rings is 1. The van der Waals surface area contributed by atoms with E-state index in [1.54, 1.807) is 17.8 Å². The average molecular weight is 525 g/mol. The van der Waals surface area contributed by atoms with Crippen LogP contribution in [0.25, 0.3) is 16.6 Å². The van der Waals surface area contributed by atoms with E-state index in [4.69, 9.17) is 4.74 Å². The number of nitrogens with zero attached hydrogens (tertiary/aromatic N) is 4. The van der Waals surface area contributed by atoms with Gasteiger partial charge in [-0.2, -0.15) is 5.10 Å². The second-order valence-corrected chi connectivity index (χ2v) is 9.66. The highest BCUT2D eigenvalue weighted by Crippen LogP contribution is 2.24. The predicted molar refractivity (Wildman–Crippen MR) is 149 cm³/mol. The number of hydrogen-bond acceptors (Lipinski definition) is 7. The average Bonchev–Trinajstić information content (AvgIpc) is 3.65. The van der Waals surface area contributed by atoms with Gasteiger partial charge in [-0.05, 0) is 66.7 Å². The fourth-order valence-electron chi connectivity index (χ4n) is 4.37. The molecule has 3 heterocycles. The summed E-state index contributed by atoms with van der Waals surface area (Å²) in [4.78, 5) is 31.4. The number of thiazole rings is 1. The molecule has 2 N–H and O–H groups in total. The molecule has 38 heavy (non-hydrogen) atoms. The fourth-order valence-corrected chi connectivity index (χ4v) is 4.90. The number of carbonyl (C=O) groups excluding carboxylic acids is 2. The Bertz CT molecular complexity index is 1570. The zero-order chi connectivity index (χ0) is 25.9.